The van der Waals surface area contributed by atoms with Crippen molar-refractivity contribution in [3.8, 4) is 0 Å². The van der Waals surface area contributed by atoms with Crippen molar-refractivity contribution in [3.63, 3.8) is 0 Å². The second-order valence-electron chi connectivity index (χ2n) is 5.29. The molecule has 1 unspecified atom stereocenters. The Hall–Kier alpha value is -1.39. The van der Waals surface area contributed by atoms with Crippen LogP contribution in [-0.4, -0.2) is 49.9 Å². The Morgan fingerprint density at radius 1 is 1.16 bits per heavy atom. The second-order valence-corrected chi connectivity index (χ2v) is 5.29. The van der Waals surface area contributed by atoms with E-state index in [0.717, 1.165) is 19.5 Å². The molecule has 0 aromatic heterocycles. The van der Waals surface area contributed by atoms with Gasteiger partial charge >= 0.3 is 0 Å². The van der Waals surface area contributed by atoms with Crippen LogP contribution in [0.4, 0.5) is 0 Å². The molecule has 1 aromatic rings. The number of amidine groups is 1. The van der Waals surface area contributed by atoms with Gasteiger partial charge in [0.05, 0.1) is 5.84 Å². The molecule has 19 heavy (non-hydrogen) atoms. The van der Waals surface area contributed by atoms with Crippen molar-refractivity contribution in [1.29, 1.82) is 5.41 Å². The first-order chi connectivity index (χ1) is 9.00. The maximum Gasteiger partial charge on any atom is 0.0924 e. The lowest BCUT2D eigenvalue weighted by atomic mass is 10.0. The fourth-order valence-electron chi connectivity index (χ4n) is 2.20. The van der Waals surface area contributed by atoms with Gasteiger partial charge in [-0.1, -0.05) is 30.3 Å². The summed E-state index contributed by atoms with van der Waals surface area (Å²) in [5.74, 6) is 0.244. The van der Waals surface area contributed by atoms with Gasteiger partial charge in [0.25, 0.3) is 0 Å². The Balaban J connectivity index is 2.66. The predicted molar refractivity (Wildman–Crippen MR) is 81.5 cm³/mol. The highest BCUT2D eigenvalue weighted by Gasteiger charge is 2.17. The number of benzene rings is 1. The molecule has 0 radical (unpaired) electrons. The number of nitrogens with one attached hydrogen (secondary N) is 1. The maximum atomic E-state index is 7.56. The van der Waals surface area contributed by atoms with Gasteiger partial charge in [0.1, 0.15) is 0 Å². The number of nitrogens with zero attached hydrogens (tertiary/aromatic N) is 2. The average molecular weight is 262 g/mol. The highest BCUT2D eigenvalue weighted by molar-refractivity contribution is 5.77. The molecule has 4 heteroatoms. The maximum absolute atomic E-state index is 7.56. The van der Waals surface area contributed by atoms with Crippen molar-refractivity contribution in [3.05, 3.63) is 35.9 Å². The van der Waals surface area contributed by atoms with Gasteiger partial charge in [-0.3, -0.25) is 10.3 Å². The van der Waals surface area contributed by atoms with E-state index in [-0.39, 0.29) is 11.9 Å². The van der Waals surface area contributed by atoms with Crippen LogP contribution in [0.2, 0.25) is 0 Å². The molecule has 0 amide bonds. The van der Waals surface area contributed by atoms with Gasteiger partial charge in [-0.2, -0.15) is 0 Å². The van der Waals surface area contributed by atoms with Crippen LogP contribution in [0.25, 0.3) is 0 Å². The molecule has 0 aliphatic rings. The normalized spacial score (nSPS) is 12.9. The monoisotopic (exact) mass is 262 g/mol. The smallest absolute Gasteiger partial charge is 0.0924 e. The van der Waals surface area contributed by atoms with Gasteiger partial charge in [0, 0.05) is 12.5 Å². The first-order valence-electron chi connectivity index (χ1n) is 6.73. The van der Waals surface area contributed by atoms with Crippen LogP contribution in [0.15, 0.2) is 30.3 Å². The molecule has 0 spiro atoms. The van der Waals surface area contributed by atoms with E-state index in [1.807, 2.05) is 18.2 Å². The Labute approximate surface area is 116 Å². The van der Waals surface area contributed by atoms with Gasteiger partial charge < -0.3 is 10.6 Å². The Morgan fingerprint density at radius 3 is 2.32 bits per heavy atom. The summed E-state index contributed by atoms with van der Waals surface area (Å²) in [5, 5.41) is 7.56. The zero-order valence-corrected chi connectivity index (χ0v) is 12.3. The predicted octanol–water partition coefficient (Wildman–Crippen LogP) is 1.94. The Bertz CT molecular complexity index is 375. The van der Waals surface area contributed by atoms with E-state index in [2.05, 4.69) is 43.1 Å². The first-order valence-corrected chi connectivity index (χ1v) is 6.73. The molecule has 0 heterocycles. The molecule has 0 aliphatic carbocycles. The summed E-state index contributed by atoms with van der Waals surface area (Å²) in [6.07, 6.45) is 1.70. The highest BCUT2D eigenvalue weighted by Crippen LogP contribution is 2.22. The summed E-state index contributed by atoms with van der Waals surface area (Å²) in [6.45, 7) is 2.08. The Kier molecular flexibility index (Phi) is 6.53. The molecule has 0 aliphatic heterocycles. The molecule has 0 fully saturated rings. The minimum Gasteiger partial charge on any atom is -0.388 e. The summed E-state index contributed by atoms with van der Waals surface area (Å²) in [5.41, 5.74) is 6.82. The molecular weight excluding hydrogens is 236 g/mol. The summed E-state index contributed by atoms with van der Waals surface area (Å²) in [6, 6.07) is 10.5. The van der Waals surface area contributed by atoms with E-state index < -0.39 is 0 Å². The van der Waals surface area contributed by atoms with Gasteiger partial charge in [-0.15, -0.1) is 0 Å². The van der Waals surface area contributed by atoms with E-state index in [0.29, 0.717) is 6.42 Å². The van der Waals surface area contributed by atoms with Crippen molar-refractivity contribution in [2.24, 2.45) is 5.73 Å². The average Bonchev–Trinajstić information content (AvgIpc) is 2.36. The number of nitrogens with two attached hydrogens (primary N) is 1. The lowest BCUT2D eigenvalue weighted by molar-refractivity contribution is 0.235. The third kappa shape index (κ3) is 5.85. The van der Waals surface area contributed by atoms with E-state index in [9.17, 15) is 0 Å². The van der Waals surface area contributed by atoms with Crippen molar-refractivity contribution in [2.75, 3.05) is 34.2 Å². The van der Waals surface area contributed by atoms with Crippen LogP contribution in [0, 0.1) is 5.41 Å². The van der Waals surface area contributed by atoms with Crippen LogP contribution < -0.4 is 5.73 Å². The fourth-order valence-corrected chi connectivity index (χ4v) is 2.20. The second kappa shape index (κ2) is 7.92. The summed E-state index contributed by atoms with van der Waals surface area (Å²) in [4.78, 5) is 4.48. The van der Waals surface area contributed by atoms with Gasteiger partial charge in [0.2, 0.25) is 0 Å². The topological polar surface area (TPSA) is 56.4 Å². The minimum absolute atomic E-state index is 0.195. The van der Waals surface area contributed by atoms with E-state index >= 15 is 0 Å². The Morgan fingerprint density at radius 2 is 1.79 bits per heavy atom. The number of hydrogen-bond acceptors (Lipinski definition) is 3. The lowest BCUT2D eigenvalue weighted by Gasteiger charge is -2.28. The standard InChI is InChI=1S/C15H26N4/c1-18(2)10-7-11-19(3)14(12-15(16)17)13-8-5-4-6-9-13/h4-6,8-9,14H,7,10-12H2,1-3H3,(H3,16,17). The van der Waals surface area contributed by atoms with Crippen molar-refractivity contribution < 1.29 is 0 Å². The molecular formula is C15H26N4. The first kappa shape index (κ1) is 15.7. The molecule has 106 valence electrons. The third-order valence-corrected chi connectivity index (χ3v) is 3.25. The quantitative estimate of drug-likeness (QED) is 0.556. The molecule has 0 saturated heterocycles. The SMILES string of the molecule is CN(C)CCCN(C)C(CC(=N)N)c1ccccc1. The highest BCUT2D eigenvalue weighted by atomic mass is 15.1. The number of rotatable bonds is 8. The molecule has 1 atom stereocenters. The van der Waals surface area contributed by atoms with Crippen LogP contribution in [0.1, 0.15) is 24.4 Å². The third-order valence-electron chi connectivity index (χ3n) is 3.25. The molecule has 3 N–H and O–H groups in total. The molecule has 4 nitrogen and oxygen atoms in total. The minimum atomic E-state index is 0.195. The van der Waals surface area contributed by atoms with Gasteiger partial charge in [-0.05, 0) is 46.2 Å². The van der Waals surface area contributed by atoms with Crippen LogP contribution >= 0.6 is 0 Å². The molecule has 0 bridgehead atoms. The van der Waals surface area contributed by atoms with Gasteiger partial charge in [-0.25, -0.2) is 0 Å². The van der Waals surface area contributed by atoms with Crippen LogP contribution in [0.5, 0.6) is 0 Å². The largest absolute Gasteiger partial charge is 0.388 e. The van der Waals surface area contributed by atoms with E-state index in [1.54, 1.807) is 0 Å². The van der Waals surface area contributed by atoms with Crippen LogP contribution in [-0.2, 0) is 0 Å². The van der Waals surface area contributed by atoms with E-state index in [1.165, 1.54) is 5.56 Å². The van der Waals surface area contributed by atoms with Gasteiger partial charge in [0.15, 0.2) is 0 Å². The number of hydrogen-bond donors (Lipinski definition) is 2. The van der Waals surface area contributed by atoms with Crippen molar-refractivity contribution in [2.45, 2.75) is 18.9 Å². The summed E-state index contributed by atoms with van der Waals surface area (Å²) < 4.78 is 0. The molecule has 1 aromatic carbocycles. The van der Waals surface area contributed by atoms with Crippen molar-refractivity contribution in [1.82, 2.24) is 9.80 Å². The van der Waals surface area contributed by atoms with Crippen molar-refractivity contribution >= 4 is 5.84 Å². The zero-order valence-electron chi connectivity index (χ0n) is 12.3. The van der Waals surface area contributed by atoms with E-state index in [4.69, 9.17) is 11.1 Å². The fraction of sp³-hybridized carbons (Fsp3) is 0.533. The summed E-state index contributed by atoms with van der Waals surface area (Å²) in [7, 11) is 6.28. The lowest BCUT2D eigenvalue weighted by Crippen LogP contribution is -2.31. The van der Waals surface area contributed by atoms with Crippen LogP contribution in [0.3, 0.4) is 0 Å². The molecule has 1 rings (SSSR count). The molecule has 0 saturated carbocycles. The summed E-state index contributed by atoms with van der Waals surface area (Å²) >= 11 is 0. The zero-order chi connectivity index (χ0) is 14.3.